The molecule has 160 valence electrons. The first-order valence-electron chi connectivity index (χ1n) is 11.4. The van der Waals surface area contributed by atoms with Gasteiger partial charge in [-0.1, -0.05) is 73.0 Å². The van der Waals surface area contributed by atoms with Crippen LogP contribution in [0.5, 0.6) is 0 Å². The molecule has 2 aliphatic rings. The maximum atomic E-state index is 13.4. The molecular weight excluding hydrogens is 372 g/mol. The molecule has 1 atom stereocenters. The van der Waals surface area contributed by atoms with E-state index < -0.39 is 5.60 Å². The van der Waals surface area contributed by atoms with Gasteiger partial charge < -0.3 is 10.4 Å². The predicted octanol–water partition coefficient (Wildman–Crippen LogP) is 4.15. The van der Waals surface area contributed by atoms with Crippen LogP contribution in [0.4, 0.5) is 0 Å². The molecule has 0 radical (unpaired) electrons. The van der Waals surface area contributed by atoms with Gasteiger partial charge in [0.1, 0.15) is 0 Å². The van der Waals surface area contributed by atoms with E-state index in [0.29, 0.717) is 0 Å². The Morgan fingerprint density at radius 3 is 2.40 bits per heavy atom. The van der Waals surface area contributed by atoms with Gasteiger partial charge in [0, 0.05) is 31.6 Å². The van der Waals surface area contributed by atoms with Crippen molar-refractivity contribution in [3.05, 3.63) is 71.3 Å². The first-order valence-corrected chi connectivity index (χ1v) is 11.4. The number of amides is 1. The van der Waals surface area contributed by atoms with E-state index in [-0.39, 0.29) is 17.9 Å². The second kappa shape index (κ2) is 9.32. The summed E-state index contributed by atoms with van der Waals surface area (Å²) in [6.07, 6.45) is 5.84. The highest BCUT2D eigenvalue weighted by atomic mass is 16.3. The summed E-state index contributed by atoms with van der Waals surface area (Å²) >= 11 is 0. The summed E-state index contributed by atoms with van der Waals surface area (Å²) in [6.45, 7) is 5.01. The van der Waals surface area contributed by atoms with Gasteiger partial charge in [-0.05, 0) is 43.7 Å². The van der Waals surface area contributed by atoms with Crippen molar-refractivity contribution in [1.29, 1.82) is 0 Å². The summed E-state index contributed by atoms with van der Waals surface area (Å²) in [6, 6.07) is 18.3. The van der Waals surface area contributed by atoms with Gasteiger partial charge in [0.2, 0.25) is 0 Å². The molecule has 2 aromatic carbocycles. The number of carbonyl (C=O) groups excluding carboxylic acids is 1. The highest BCUT2D eigenvalue weighted by Gasteiger charge is 2.46. The van der Waals surface area contributed by atoms with Gasteiger partial charge in [0.15, 0.2) is 5.60 Å². The fraction of sp³-hybridized carbons (Fsp3) is 0.500. The molecule has 4 rings (SSSR count). The smallest absolute Gasteiger partial charge is 0.257 e. The van der Waals surface area contributed by atoms with Crippen molar-refractivity contribution in [3.63, 3.8) is 0 Å². The normalized spacial score (nSPS) is 20.7. The number of benzene rings is 2. The van der Waals surface area contributed by atoms with Crippen LogP contribution in [-0.2, 0) is 16.9 Å². The van der Waals surface area contributed by atoms with Crippen LogP contribution in [0.15, 0.2) is 54.6 Å². The number of rotatable bonds is 6. The summed E-state index contributed by atoms with van der Waals surface area (Å²) in [5, 5.41) is 14.8. The zero-order chi connectivity index (χ0) is 21.0. The Balaban J connectivity index is 1.38. The highest BCUT2D eigenvalue weighted by Crippen LogP contribution is 2.41. The zero-order valence-corrected chi connectivity index (χ0v) is 18.0. The largest absolute Gasteiger partial charge is 0.375 e. The molecule has 1 saturated heterocycles. The SMILES string of the molecule is Cc1cccc(CN2CCC(NC(=O)C(O)(c3ccccc3)C3CCCC3)CC2)c1. The number of nitrogens with one attached hydrogen (secondary N) is 1. The van der Waals surface area contributed by atoms with Gasteiger partial charge >= 0.3 is 0 Å². The Hall–Kier alpha value is -2.17. The lowest BCUT2D eigenvalue weighted by atomic mass is 9.79. The van der Waals surface area contributed by atoms with E-state index in [0.717, 1.165) is 63.7 Å². The van der Waals surface area contributed by atoms with Crippen LogP contribution in [0, 0.1) is 12.8 Å². The molecular formula is C26H34N2O2. The first kappa shape index (κ1) is 21.1. The molecule has 1 unspecified atom stereocenters. The van der Waals surface area contributed by atoms with Crippen molar-refractivity contribution in [3.8, 4) is 0 Å². The molecule has 0 spiro atoms. The van der Waals surface area contributed by atoms with Gasteiger partial charge in [-0.15, -0.1) is 0 Å². The maximum absolute atomic E-state index is 13.4. The topological polar surface area (TPSA) is 52.6 Å². The number of likely N-dealkylation sites (tertiary alicyclic amines) is 1. The molecule has 0 bridgehead atoms. The van der Waals surface area contributed by atoms with E-state index in [1.807, 2.05) is 30.3 Å². The van der Waals surface area contributed by atoms with Gasteiger partial charge in [-0.3, -0.25) is 9.69 Å². The van der Waals surface area contributed by atoms with Gasteiger partial charge in [0.05, 0.1) is 0 Å². The molecule has 30 heavy (non-hydrogen) atoms. The third-order valence-corrected chi connectivity index (χ3v) is 6.92. The second-order valence-electron chi connectivity index (χ2n) is 9.13. The lowest BCUT2D eigenvalue weighted by Gasteiger charge is -2.37. The summed E-state index contributed by atoms with van der Waals surface area (Å²) in [5.74, 6) is -0.209. The van der Waals surface area contributed by atoms with Crippen LogP contribution in [0.3, 0.4) is 0 Å². The van der Waals surface area contributed by atoms with Crippen molar-refractivity contribution in [2.75, 3.05) is 13.1 Å². The summed E-state index contributed by atoms with van der Waals surface area (Å²) < 4.78 is 0. The van der Waals surface area contributed by atoms with Crippen molar-refractivity contribution in [2.45, 2.75) is 63.6 Å². The van der Waals surface area contributed by atoms with Crippen molar-refractivity contribution in [1.82, 2.24) is 10.2 Å². The molecule has 2 aromatic rings. The average Bonchev–Trinajstić information content (AvgIpc) is 3.31. The third-order valence-electron chi connectivity index (χ3n) is 6.92. The minimum absolute atomic E-state index is 0.00121. The van der Waals surface area contributed by atoms with E-state index in [2.05, 4.69) is 41.4 Å². The molecule has 2 fully saturated rings. The molecule has 1 heterocycles. The summed E-state index contributed by atoms with van der Waals surface area (Å²) in [4.78, 5) is 15.8. The number of hydrogen-bond donors (Lipinski definition) is 2. The van der Waals surface area contributed by atoms with Crippen LogP contribution in [0.2, 0.25) is 0 Å². The fourth-order valence-corrected chi connectivity index (χ4v) is 5.19. The Labute approximate surface area is 180 Å². The summed E-state index contributed by atoms with van der Waals surface area (Å²) in [7, 11) is 0. The van der Waals surface area contributed by atoms with Crippen LogP contribution in [0.25, 0.3) is 0 Å². The van der Waals surface area contributed by atoms with Crippen molar-refractivity contribution in [2.24, 2.45) is 5.92 Å². The number of aryl methyl sites for hydroxylation is 1. The van der Waals surface area contributed by atoms with Gasteiger partial charge in [0.25, 0.3) is 5.91 Å². The minimum Gasteiger partial charge on any atom is -0.375 e. The number of aliphatic hydroxyl groups is 1. The van der Waals surface area contributed by atoms with Crippen molar-refractivity contribution < 1.29 is 9.90 Å². The lowest BCUT2D eigenvalue weighted by molar-refractivity contribution is -0.148. The van der Waals surface area contributed by atoms with Crippen molar-refractivity contribution >= 4 is 5.91 Å². The minimum atomic E-state index is -1.42. The molecule has 4 nitrogen and oxygen atoms in total. The van der Waals surface area contributed by atoms with Crippen LogP contribution >= 0.6 is 0 Å². The molecule has 4 heteroatoms. The van der Waals surface area contributed by atoms with E-state index in [4.69, 9.17) is 0 Å². The number of nitrogens with zero attached hydrogens (tertiary/aromatic N) is 1. The fourth-order valence-electron chi connectivity index (χ4n) is 5.19. The Morgan fingerprint density at radius 1 is 1.03 bits per heavy atom. The highest BCUT2D eigenvalue weighted by molar-refractivity contribution is 5.87. The van der Waals surface area contributed by atoms with E-state index in [1.54, 1.807) is 0 Å². The first-order chi connectivity index (χ1) is 14.6. The maximum Gasteiger partial charge on any atom is 0.257 e. The number of carbonyl (C=O) groups is 1. The molecule has 1 aliphatic carbocycles. The third kappa shape index (κ3) is 4.60. The van der Waals surface area contributed by atoms with E-state index in [9.17, 15) is 9.90 Å². The lowest BCUT2D eigenvalue weighted by Crippen LogP contribution is -2.54. The molecule has 1 amide bonds. The average molecular weight is 407 g/mol. The second-order valence-corrected chi connectivity index (χ2v) is 9.13. The molecule has 1 aliphatic heterocycles. The number of hydrogen-bond acceptors (Lipinski definition) is 3. The van der Waals surface area contributed by atoms with Gasteiger partial charge in [-0.25, -0.2) is 0 Å². The number of piperidine rings is 1. The van der Waals surface area contributed by atoms with E-state index >= 15 is 0 Å². The molecule has 0 aromatic heterocycles. The van der Waals surface area contributed by atoms with Crippen LogP contribution < -0.4 is 5.32 Å². The molecule has 2 N–H and O–H groups in total. The zero-order valence-electron chi connectivity index (χ0n) is 18.0. The van der Waals surface area contributed by atoms with Gasteiger partial charge in [-0.2, -0.15) is 0 Å². The van der Waals surface area contributed by atoms with E-state index in [1.165, 1.54) is 11.1 Å². The Morgan fingerprint density at radius 2 is 1.73 bits per heavy atom. The molecule has 1 saturated carbocycles. The quantitative estimate of drug-likeness (QED) is 0.758. The van der Waals surface area contributed by atoms with Crippen LogP contribution in [0.1, 0.15) is 55.2 Å². The Bertz CT molecular complexity index is 839. The summed E-state index contributed by atoms with van der Waals surface area (Å²) in [5.41, 5.74) is 1.95. The Kier molecular flexibility index (Phi) is 6.55. The monoisotopic (exact) mass is 406 g/mol. The predicted molar refractivity (Wildman–Crippen MR) is 120 cm³/mol. The standard InChI is InChI=1S/C26H34N2O2/c1-20-8-7-9-21(18-20)19-28-16-14-24(15-17-28)27-25(29)26(30,23-12-5-6-13-23)22-10-3-2-4-11-22/h2-4,7-11,18,23-24,30H,5-6,12-17,19H2,1H3,(H,27,29). The van der Waals surface area contributed by atoms with Crippen LogP contribution in [-0.4, -0.2) is 35.0 Å².